The third-order valence-electron chi connectivity index (χ3n) is 3.71. The van der Waals surface area contributed by atoms with Crippen molar-refractivity contribution in [1.82, 2.24) is 4.98 Å². The molecule has 1 heterocycles. The van der Waals surface area contributed by atoms with Gasteiger partial charge in [-0.05, 0) is 49.6 Å². The number of pyridine rings is 1. The maximum absolute atomic E-state index is 12.2. The largest absolute Gasteiger partial charge is 0.326 e. The van der Waals surface area contributed by atoms with Gasteiger partial charge in [-0.15, -0.1) is 0 Å². The summed E-state index contributed by atoms with van der Waals surface area (Å²) in [7, 11) is 0. The minimum Gasteiger partial charge on any atom is -0.326 e. The molecule has 5 heteroatoms. The molecular weight excluding hydrogens is 278 g/mol. The van der Waals surface area contributed by atoms with E-state index in [1.54, 1.807) is 18.3 Å². The van der Waals surface area contributed by atoms with Crippen LogP contribution in [0.15, 0.2) is 42.7 Å². The Labute approximate surface area is 128 Å². The van der Waals surface area contributed by atoms with E-state index in [-0.39, 0.29) is 17.7 Å². The second-order valence-corrected chi connectivity index (χ2v) is 5.44. The fourth-order valence-corrected chi connectivity index (χ4v) is 2.18. The molecule has 22 heavy (non-hydrogen) atoms. The highest BCUT2D eigenvalue weighted by atomic mass is 16.2. The lowest BCUT2D eigenvalue weighted by Gasteiger charge is -2.13. The van der Waals surface area contributed by atoms with E-state index in [1.165, 1.54) is 6.20 Å². The first-order valence-electron chi connectivity index (χ1n) is 7.27. The van der Waals surface area contributed by atoms with E-state index in [4.69, 9.17) is 0 Å². The van der Waals surface area contributed by atoms with Crippen LogP contribution in [0.2, 0.25) is 0 Å². The van der Waals surface area contributed by atoms with Gasteiger partial charge in [0.25, 0.3) is 5.91 Å². The molecule has 1 aromatic carbocycles. The quantitative estimate of drug-likeness (QED) is 0.911. The minimum absolute atomic E-state index is 0.0545. The standard InChI is InChI=1S/C17H17N3O2/c1-11-14(19-16(21)12-7-8-12)5-2-6-15(11)20-17(22)13-4-3-9-18-10-13/h2-6,9-10,12H,7-8H2,1H3,(H,19,21)(H,20,22). The zero-order chi connectivity index (χ0) is 15.5. The molecule has 3 rings (SSSR count). The Kier molecular flexibility index (Phi) is 3.87. The highest BCUT2D eigenvalue weighted by molar-refractivity contribution is 6.05. The molecule has 0 radical (unpaired) electrons. The number of anilines is 2. The molecule has 2 aromatic rings. The van der Waals surface area contributed by atoms with Crippen LogP contribution in [-0.4, -0.2) is 16.8 Å². The van der Waals surface area contributed by atoms with E-state index in [2.05, 4.69) is 15.6 Å². The monoisotopic (exact) mass is 295 g/mol. The summed E-state index contributed by atoms with van der Waals surface area (Å²) < 4.78 is 0. The fraction of sp³-hybridized carbons (Fsp3) is 0.235. The van der Waals surface area contributed by atoms with E-state index in [9.17, 15) is 9.59 Å². The van der Waals surface area contributed by atoms with Gasteiger partial charge >= 0.3 is 0 Å². The van der Waals surface area contributed by atoms with Gasteiger partial charge in [-0.2, -0.15) is 0 Å². The number of amides is 2. The summed E-state index contributed by atoms with van der Waals surface area (Å²) in [6.45, 7) is 1.88. The van der Waals surface area contributed by atoms with Crippen molar-refractivity contribution >= 4 is 23.2 Å². The highest BCUT2D eigenvalue weighted by Crippen LogP contribution is 2.31. The van der Waals surface area contributed by atoms with Crippen molar-refractivity contribution in [2.45, 2.75) is 19.8 Å². The summed E-state index contributed by atoms with van der Waals surface area (Å²) in [4.78, 5) is 28.0. The third kappa shape index (κ3) is 3.14. The molecule has 2 N–H and O–H groups in total. The van der Waals surface area contributed by atoms with Crippen LogP contribution in [0.1, 0.15) is 28.8 Å². The van der Waals surface area contributed by atoms with Gasteiger partial charge in [-0.1, -0.05) is 6.07 Å². The van der Waals surface area contributed by atoms with Gasteiger partial charge in [0.05, 0.1) is 5.56 Å². The first kappa shape index (κ1) is 14.3. The van der Waals surface area contributed by atoms with Crippen LogP contribution < -0.4 is 10.6 Å². The van der Waals surface area contributed by atoms with Crippen molar-refractivity contribution in [2.24, 2.45) is 5.92 Å². The van der Waals surface area contributed by atoms with Crippen LogP contribution in [0, 0.1) is 12.8 Å². The van der Waals surface area contributed by atoms with Crippen molar-refractivity contribution in [3.05, 3.63) is 53.9 Å². The molecule has 0 saturated heterocycles. The van der Waals surface area contributed by atoms with Crippen LogP contribution in [0.3, 0.4) is 0 Å². The molecule has 112 valence electrons. The lowest BCUT2D eigenvalue weighted by molar-refractivity contribution is -0.117. The lowest BCUT2D eigenvalue weighted by atomic mass is 10.1. The third-order valence-corrected chi connectivity index (χ3v) is 3.71. The second-order valence-electron chi connectivity index (χ2n) is 5.44. The van der Waals surface area contributed by atoms with Crippen molar-refractivity contribution in [1.29, 1.82) is 0 Å². The Bertz CT molecular complexity index is 709. The Morgan fingerprint density at radius 3 is 2.45 bits per heavy atom. The molecule has 2 amide bonds. The Balaban J connectivity index is 1.76. The zero-order valence-electron chi connectivity index (χ0n) is 12.3. The van der Waals surface area contributed by atoms with Crippen LogP contribution >= 0.6 is 0 Å². The summed E-state index contributed by atoms with van der Waals surface area (Å²) >= 11 is 0. The number of nitrogens with one attached hydrogen (secondary N) is 2. The van der Waals surface area contributed by atoms with Gasteiger partial charge in [0.2, 0.25) is 5.91 Å². The minimum atomic E-state index is -0.220. The molecule has 0 aliphatic heterocycles. The van der Waals surface area contributed by atoms with Gasteiger partial charge in [-0.25, -0.2) is 0 Å². The summed E-state index contributed by atoms with van der Waals surface area (Å²) in [6, 6.07) is 8.89. The van der Waals surface area contributed by atoms with Gasteiger partial charge in [0.15, 0.2) is 0 Å². The van der Waals surface area contributed by atoms with Gasteiger partial charge in [-0.3, -0.25) is 14.6 Å². The fourth-order valence-electron chi connectivity index (χ4n) is 2.18. The highest BCUT2D eigenvalue weighted by Gasteiger charge is 2.29. The van der Waals surface area contributed by atoms with E-state index in [0.29, 0.717) is 11.3 Å². The summed E-state index contributed by atoms with van der Waals surface area (Å²) in [5, 5.41) is 5.78. The topological polar surface area (TPSA) is 71.1 Å². The van der Waals surface area contributed by atoms with Crippen molar-refractivity contribution in [3.8, 4) is 0 Å². The van der Waals surface area contributed by atoms with Gasteiger partial charge in [0.1, 0.15) is 0 Å². The van der Waals surface area contributed by atoms with Gasteiger partial charge in [0, 0.05) is 29.7 Å². The molecule has 1 saturated carbocycles. The first-order chi connectivity index (χ1) is 10.6. The van der Waals surface area contributed by atoms with E-state index >= 15 is 0 Å². The van der Waals surface area contributed by atoms with Crippen molar-refractivity contribution in [3.63, 3.8) is 0 Å². The molecule has 1 aliphatic carbocycles. The summed E-state index contributed by atoms with van der Waals surface area (Å²) in [6.07, 6.45) is 5.06. The molecule has 0 bridgehead atoms. The molecule has 0 spiro atoms. The van der Waals surface area contributed by atoms with E-state index < -0.39 is 0 Å². The Morgan fingerprint density at radius 2 is 1.82 bits per heavy atom. The zero-order valence-corrected chi connectivity index (χ0v) is 12.3. The van der Waals surface area contributed by atoms with E-state index in [1.807, 2.05) is 25.1 Å². The average Bonchev–Trinajstić information content (AvgIpc) is 3.37. The predicted molar refractivity (Wildman–Crippen MR) is 84.7 cm³/mol. The number of rotatable bonds is 4. The van der Waals surface area contributed by atoms with Crippen LogP contribution in [0.4, 0.5) is 11.4 Å². The number of benzene rings is 1. The Hall–Kier alpha value is -2.69. The van der Waals surface area contributed by atoms with Crippen molar-refractivity contribution < 1.29 is 9.59 Å². The molecule has 0 unspecified atom stereocenters. The first-order valence-corrected chi connectivity index (χ1v) is 7.27. The number of nitrogens with zero attached hydrogens (tertiary/aromatic N) is 1. The van der Waals surface area contributed by atoms with Crippen LogP contribution in [0.25, 0.3) is 0 Å². The number of hydrogen-bond donors (Lipinski definition) is 2. The molecule has 1 aliphatic rings. The van der Waals surface area contributed by atoms with Gasteiger partial charge < -0.3 is 10.6 Å². The maximum atomic E-state index is 12.2. The van der Waals surface area contributed by atoms with Crippen molar-refractivity contribution in [2.75, 3.05) is 10.6 Å². The number of aromatic nitrogens is 1. The second kappa shape index (κ2) is 5.97. The lowest BCUT2D eigenvalue weighted by Crippen LogP contribution is -2.16. The Morgan fingerprint density at radius 1 is 1.09 bits per heavy atom. The molecule has 1 aromatic heterocycles. The SMILES string of the molecule is Cc1c(NC(=O)c2cccnc2)cccc1NC(=O)C1CC1. The maximum Gasteiger partial charge on any atom is 0.257 e. The average molecular weight is 295 g/mol. The molecule has 1 fully saturated rings. The number of hydrogen-bond acceptors (Lipinski definition) is 3. The molecule has 0 atom stereocenters. The number of carbonyl (C=O) groups excluding carboxylic acids is 2. The number of carbonyl (C=O) groups is 2. The summed E-state index contributed by atoms with van der Waals surface area (Å²) in [5.41, 5.74) is 2.76. The molecule has 5 nitrogen and oxygen atoms in total. The van der Waals surface area contributed by atoms with Crippen LogP contribution in [0.5, 0.6) is 0 Å². The molecular formula is C17H17N3O2. The predicted octanol–water partition coefficient (Wildman–Crippen LogP) is 2.99. The smallest absolute Gasteiger partial charge is 0.257 e. The van der Waals surface area contributed by atoms with Crippen LogP contribution in [-0.2, 0) is 4.79 Å². The normalized spacial score (nSPS) is 13.5. The van der Waals surface area contributed by atoms with E-state index in [0.717, 1.165) is 24.1 Å². The summed E-state index contributed by atoms with van der Waals surface area (Å²) in [5.74, 6) is -0.0197.